The molecule has 25 heavy (non-hydrogen) atoms. The van der Waals surface area contributed by atoms with Crippen LogP contribution in [0.2, 0.25) is 10.0 Å². The standard InChI is InChI=1S/C18H17Cl2NO4/c1-11-15(20)4-3-5-16(11)21-17(22)10-24-18(23)12(2)25-14-8-6-13(19)7-9-14/h3-9,12H,10H2,1-2H3,(H,21,22)/t12-/m0/s1. The zero-order chi connectivity index (χ0) is 18.4. The number of carbonyl (C=O) groups excluding carboxylic acids is 2. The third-order valence-electron chi connectivity index (χ3n) is 3.35. The van der Waals surface area contributed by atoms with Crippen molar-refractivity contribution in [3.63, 3.8) is 0 Å². The van der Waals surface area contributed by atoms with Crippen LogP contribution in [0.3, 0.4) is 0 Å². The molecule has 0 bridgehead atoms. The highest BCUT2D eigenvalue weighted by molar-refractivity contribution is 6.31. The predicted octanol–water partition coefficient (Wildman–Crippen LogP) is 4.25. The highest BCUT2D eigenvalue weighted by Crippen LogP contribution is 2.22. The van der Waals surface area contributed by atoms with Gasteiger partial charge in [-0.3, -0.25) is 4.79 Å². The van der Waals surface area contributed by atoms with Crippen LogP contribution < -0.4 is 10.1 Å². The molecular weight excluding hydrogens is 365 g/mol. The lowest BCUT2D eigenvalue weighted by Gasteiger charge is -2.14. The van der Waals surface area contributed by atoms with Gasteiger partial charge in [0.1, 0.15) is 5.75 Å². The van der Waals surface area contributed by atoms with Crippen LogP contribution in [-0.2, 0) is 14.3 Å². The molecule has 0 saturated heterocycles. The second kappa shape index (κ2) is 8.74. The molecule has 0 aliphatic carbocycles. The Kier molecular flexibility index (Phi) is 6.67. The fourth-order valence-corrected chi connectivity index (χ4v) is 2.25. The van der Waals surface area contributed by atoms with Crippen molar-refractivity contribution < 1.29 is 19.1 Å². The molecule has 5 nitrogen and oxygen atoms in total. The summed E-state index contributed by atoms with van der Waals surface area (Å²) in [7, 11) is 0. The lowest BCUT2D eigenvalue weighted by molar-refractivity contribution is -0.153. The van der Waals surface area contributed by atoms with E-state index in [1.807, 2.05) is 0 Å². The van der Waals surface area contributed by atoms with Crippen LogP contribution in [0.1, 0.15) is 12.5 Å². The minimum Gasteiger partial charge on any atom is -0.479 e. The Morgan fingerprint density at radius 2 is 1.80 bits per heavy atom. The van der Waals surface area contributed by atoms with E-state index in [2.05, 4.69) is 5.32 Å². The van der Waals surface area contributed by atoms with E-state index in [4.69, 9.17) is 32.7 Å². The van der Waals surface area contributed by atoms with Crippen molar-refractivity contribution in [3.05, 3.63) is 58.1 Å². The molecule has 2 rings (SSSR count). The van der Waals surface area contributed by atoms with Gasteiger partial charge in [0.05, 0.1) is 0 Å². The molecule has 0 unspecified atom stereocenters. The Morgan fingerprint density at radius 3 is 2.48 bits per heavy atom. The summed E-state index contributed by atoms with van der Waals surface area (Å²) in [6, 6.07) is 11.7. The van der Waals surface area contributed by atoms with Crippen molar-refractivity contribution in [2.45, 2.75) is 20.0 Å². The molecule has 132 valence electrons. The number of rotatable bonds is 6. The van der Waals surface area contributed by atoms with E-state index in [-0.39, 0.29) is 0 Å². The summed E-state index contributed by atoms with van der Waals surface area (Å²) >= 11 is 11.8. The van der Waals surface area contributed by atoms with Crippen molar-refractivity contribution in [2.24, 2.45) is 0 Å². The van der Waals surface area contributed by atoms with Gasteiger partial charge in [0.15, 0.2) is 12.7 Å². The van der Waals surface area contributed by atoms with Crippen LogP contribution in [0, 0.1) is 6.92 Å². The maximum atomic E-state index is 11.9. The van der Waals surface area contributed by atoms with Gasteiger partial charge in [-0.2, -0.15) is 0 Å². The average Bonchev–Trinajstić information content (AvgIpc) is 2.59. The largest absolute Gasteiger partial charge is 0.479 e. The first kappa shape index (κ1) is 19.1. The molecule has 0 aromatic heterocycles. The molecule has 1 atom stereocenters. The van der Waals surface area contributed by atoms with E-state index in [0.717, 1.165) is 5.56 Å². The molecule has 0 spiro atoms. The molecule has 0 aliphatic rings. The summed E-state index contributed by atoms with van der Waals surface area (Å²) < 4.78 is 10.4. The molecular formula is C18H17Cl2NO4. The van der Waals surface area contributed by atoms with Gasteiger partial charge in [0, 0.05) is 15.7 Å². The predicted molar refractivity (Wildman–Crippen MR) is 97.3 cm³/mol. The minimum atomic E-state index is -0.859. The van der Waals surface area contributed by atoms with E-state index in [1.54, 1.807) is 49.4 Å². The van der Waals surface area contributed by atoms with Gasteiger partial charge < -0.3 is 14.8 Å². The Bertz CT molecular complexity index is 762. The molecule has 7 heteroatoms. The van der Waals surface area contributed by atoms with Crippen molar-refractivity contribution >= 4 is 40.8 Å². The zero-order valence-electron chi connectivity index (χ0n) is 13.7. The molecule has 0 radical (unpaired) electrons. The fourth-order valence-electron chi connectivity index (χ4n) is 1.95. The number of esters is 1. The minimum absolute atomic E-state index is 0.418. The van der Waals surface area contributed by atoms with Crippen LogP contribution in [0.25, 0.3) is 0 Å². The third-order valence-corrected chi connectivity index (χ3v) is 4.01. The van der Waals surface area contributed by atoms with Crippen LogP contribution in [0.4, 0.5) is 5.69 Å². The van der Waals surface area contributed by atoms with Crippen LogP contribution in [0.15, 0.2) is 42.5 Å². The van der Waals surface area contributed by atoms with E-state index in [1.165, 1.54) is 6.92 Å². The van der Waals surface area contributed by atoms with Crippen molar-refractivity contribution in [1.29, 1.82) is 0 Å². The first-order valence-electron chi connectivity index (χ1n) is 7.50. The molecule has 0 fully saturated rings. The first-order chi connectivity index (χ1) is 11.9. The molecule has 0 heterocycles. The molecule has 0 saturated carbocycles. The lowest BCUT2D eigenvalue weighted by atomic mass is 10.2. The number of hydrogen-bond acceptors (Lipinski definition) is 4. The number of anilines is 1. The maximum absolute atomic E-state index is 11.9. The van der Waals surface area contributed by atoms with Gasteiger partial charge in [0.25, 0.3) is 5.91 Å². The van der Waals surface area contributed by atoms with E-state index >= 15 is 0 Å². The molecule has 2 aromatic carbocycles. The second-order valence-corrected chi connectivity index (χ2v) is 6.13. The normalized spacial score (nSPS) is 11.5. The number of amides is 1. The number of hydrogen-bond donors (Lipinski definition) is 1. The maximum Gasteiger partial charge on any atom is 0.347 e. The summed E-state index contributed by atoms with van der Waals surface area (Å²) in [6.45, 7) is 2.90. The average molecular weight is 382 g/mol. The summed E-state index contributed by atoms with van der Waals surface area (Å²) in [6.07, 6.45) is -0.859. The van der Waals surface area contributed by atoms with Gasteiger partial charge in [-0.05, 0) is 55.8 Å². The molecule has 1 amide bonds. The van der Waals surface area contributed by atoms with Crippen molar-refractivity contribution in [1.82, 2.24) is 0 Å². The van der Waals surface area contributed by atoms with E-state index in [0.29, 0.717) is 21.5 Å². The monoisotopic (exact) mass is 381 g/mol. The number of nitrogens with one attached hydrogen (secondary N) is 1. The molecule has 1 N–H and O–H groups in total. The Hall–Kier alpha value is -2.24. The topological polar surface area (TPSA) is 64.6 Å². The van der Waals surface area contributed by atoms with Gasteiger partial charge >= 0.3 is 5.97 Å². The van der Waals surface area contributed by atoms with Crippen molar-refractivity contribution in [3.8, 4) is 5.75 Å². The Morgan fingerprint density at radius 1 is 1.12 bits per heavy atom. The highest BCUT2D eigenvalue weighted by Gasteiger charge is 2.18. The number of benzene rings is 2. The van der Waals surface area contributed by atoms with Gasteiger partial charge in [-0.1, -0.05) is 29.3 Å². The molecule has 2 aromatic rings. The first-order valence-corrected chi connectivity index (χ1v) is 8.26. The number of ether oxygens (including phenoxy) is 2. The summed E-state index contributed by atoms with van der Waals surface area (Å²) in [5.41, 5.74) is 1.31. The van der Waals surface area contributed by atoms with E-state index < -0.39 is 24.6 Å². The molecule has 0 aliphatic heterocycles. The number of carbonyl (C=O) groups is 2. The Labute approximate surface area is 155 Å². The van der Waals surface area contributed by atoms with Gasteiger partial charge in [-0.15, -0.1) is 0 Å². The smallest absolute Gasteiger partial charge is 0.347 e. The second-order valence-electron chi connectivity index (χ2n) is 5.28. The highest BCUT2D eigenvalue weighted by atomic mass is 35.5. The van der Waals surface area contributed by atoms with Gasteiger partial charge in [-0.25, -0.2) is 4.79 Å². The van der Waals surface area contributed by atoms with Crippen LogP contribution in [0.5, 0.6) is 5.75 Å². The lowest BCUT2D eigenvalue weighted by Crippen LogP contribution is -2.29. The summed E-state index contributed by atoms with van der Waals surface area (Å²) in [4.78, 5) is 23.8. The zero-order valence-corrected chi connectivity index (χ0v) is 15.2. The van der Waals surface area contributed by atoms with Crippen molar-refractivity contribution in [2.75, 3.05) is 11.9 Å². The SMILES string of the molecule is Cc1c(Cl)cccc1NC(=O)COC(=O)[C@H](C)Oc1ccc(Cl)cc1. The third kappa shape index (κ3) is 5.66. The summed E-state index contributed by atoms with van der Waals surface area (Å²) in [5, 5.41) is 3.75. The van der Waals surface area contributed by atoms with Crippen LogP contribution >= 0.6 is 23.2 Å². The Balaban J connectivity index is 1.83. The quantitative estimate of drug-likeness (QED) is 0.759. The fraction of sp³-hybridized carbons (Fsp3) is 0.222. The van der Waals surface area contributed by atoms with E-state index in [9.17, 15) is 9.59 Å². The van der Waals surface area contributed by atoms with Crippen LogP contribution in [-0.4, -0.2) is 24.6 Å². The summed E-state index contributed by atoms with van der Waals surface area (Å²) in [5.74, 6) is -0.627. The number of halogens is 2. The van der Waals surface area contributed by atoms with Gasteiger partial charge in [0.2, 0.25) is 0 Å².